The molecule has 0 aromatic heterocycles. The van der Waals surface area contributed by atoms with Crippen LogP contribution in [0.3, 0.4) is 0 Å². The molecule has 0 N–H and O–H groups in total. The van der Waals surface area contributed by atoms with E-state index in [-0.39, 0.29) is 44.6 Å². The Bertz CT molecular complexity index is 382. The van der Waals surface area contributed by atoms with Crippen molar-refractivity contribution in [2.75, 3.05) is 0 Å². The maximum atomic E-state index is 2.16. The van der Waals surface area contributed by atoms with Gasteiger partial charge < -0.3 is 0 Å². The maximum Gasteiger partial charge on any atom is 0 e. The van der Waals surface area contributed by atoms with Gasteiger partial charge in [0.1, 0.15) is 0 Å². The fourth-order valence-electron chi connectivity index (χ4n) is 1.39. The molecule has 0 spiro atoms. The van der Waals surface area contributed by atoms with Crippen molar-refractivity contribution in [3.05, 3.63) is 48.0 Å². The summed E-state index contributed by atoms with van der Waals surface area (Å²) in [6, 6.07) is 14.8. The zero-order chi connectivity index (χ0) is 7.68. The first-order chi connectivity index (χ1) is 5.38. The minimum Gasteiger partial charge on any atom is -0.147 e. The van der Waals surface area contributed by atoms with E-state index >= 15 is 0 Å². The Kier molecular flexibility index (Phi) is 8.46. The number of halogens is 2. The topological polar surface area (TPSA) is 0 Å². The molecule has 0 radical (unpaired) electrons. The van der Waals surface area contributed by atoms with Crippen LogP contribution in [0, 0.1) is 6.92 Å². The van der Waals surface area contributed by atoms with E-state index in [1.807, 2.05) is 0 Å². The van der Waals surface area contributed by atoms with Crippen molar-refractivity contribution < 1.29 is 19.8 Å². The van der Waals surface area contributed by atoms with E-state index in [9.17, 15) is 0 Å². The van der Waals surface area contributed by atoms with Crippen molar-refractivity contribution in [1.82, 2.24) is 0 Å². The molecule has 0 bridgehead atoms. The summed E-state index contributed by atoms with van der Waals surface area (Å²) in [5, 5.41) is 2.68. The predicted molar refractivity (Wildman–Crippen MR) is 63.2 cm³/mol. The largest absolute Gasteiger partial charge is 0.147 e. The molecule has 0 saturated carbocycles. The number of aryl methyl sites for hydroxylation is 1. The minimum atomic E-state index is 0. The zero-order valence-electron chi connectivity index (χ0n) is 7.71. The monoisotopic (exact) mass is 406 g/mol. The standard InChI is InChI=1S/C11H10.2ClH.Os/c1-9-5-4-7-10-6-2-3-8-11(9)10;;;/h2-8H,1H3;2*1H;. The summed E-state index contributed by atoms with van der Waals surface area (Å²) in [5.41, 5.74) is 1.35. The Hall–Kier alpha value is -0.0836. The van der Waals surface area contributed by atoms with Gasteiger partial charge in [-0.1, -0.05) is 42.5 Å². The van der Waals surface area contributed by atoms with E-state index in [1.165, 1.54) is 16.3 Å². The number of hydrogen-bond acceptors (Lipinski definition) is 0. The summed E-state index contributed by atoms with van der Waals surface area (Å²) < 4.78 is 0. The van der Waals surface area contributed by atoms with Gasteiger partial charge in [0, 0.05) is 19.8 Å². The maximum absolute atomic E-state index is 2.16. The summed E-state index contributed by atoms with van der Waals surface area (Å²) >= 11 is 0. The Morgan fingerprint density at radius 3 is 2.00 bits per heavy atom. The van der Waals surface area contributed by atoms with Crippen LogP contribution in [0.15, 0.2) is 42.5 Å². The number of rotatable bonds is 0. The van der Waals surface area contributed by atoms with Crippen LogP contribution in [0.1, 0.15) is 5.56 Å². The molecule has 2 aromatic carbocycles. The van der Waals surface area contributed by atoms with Crippen LogP contribution < -0.4 is 0 Å². The second-order valence-electron chi connectivity index (χ2n) is 2.80. The minimum absolute atomic E-state index is 0. The van der Waals surface area contributed by atoms with Crippen LogP contribution in [-0.4, -0.2) is 0 Å². The van der Waals surface area contributed by atoms with E-state index in [4.69, 9.17) is 0 Å². The molecule has 0 aliphatic rings. The fraction of sp³-hybridized carbons (Fsp3) is 0.0909. The Labute approximate surface area is 110 Å². The van der Waals surface area contributed by atoms with Crippen molar-refractivity contribution in [3.63, 3.8) is 0 Å². The van der Waals surface area contributed by atoms with Crippen molar-refractivity contribution in [2.24, 2.45) is 0 Å². The van der Waals surface area contributed by atoms with Gasteiger partial charge in [0.2, 0.25) is 0 Å². The smallest absolute Gasteiger partial charge is 0 e. The Morgan fingerprint density at radius 2 is 1.36 bits per heavy atom. The molecular weight excluding hydrogens is 393 g/mol. The Morgan fingerprint density at radius 1 is 0.786 bits per heavy atom. The first-order valence-electron chi connectivity index (χ1n) is 3.82. The van der Waals surface area contributed by atoms with Crippen molar-refractivity contribution in [3.8, 4) is 0 Å². The molecule has 0 amide bonds. The summed E-state index contributed by atoms with van der Waals surface area (Å²) in [5.74, 6) is 0. The number of benzene rings is 2. The summed E-state index contributed by atoms with van der Waals surface area (Å²) in [6.07, 6.45) is 0. The van der Waals surface area contributed by atoms with Gasteiger partial charge in [0.15, 0.2) is 0 Å². The molecule has 2 rings (SSSR count). The predicted octanol–water partition coefficient (Wildman–Crippen LogP) is 3.99. The van der Waals surface area contributed by atoms with Gasteiger partial charge in [-0.25, -0.2) is 0 Å². The van der Waals surface area contributed by atoms with Gasteiger partial charge in [-0.05, 0) is 23.3 Å². The number of hydrogen-bond donors (Lipinski definition) is 0. The van der Waals surface area contributed by atoms with Gasteiger partial charge in [-0.15, -0.1) is 24.8 Å². The van der Waals surface area contributed by atoms with Crippen LogP contribution in [0.2, 0.25) is 0 Å². The van der Waals surface area contributed by atoms with Gasteiger partial charge >= 0.3 is 0 Å². The quantitative estimate of drug-likeness (QED) is 0.622. The van der Waals surface area contributed by atoms with Gasteiger partial charge in [0.25, 0.3) is 0 Å². The van der Waals surface area contributed by atoms with Crippen LogP contribution in [-0.2, 0) is 19.8 Å². The van der Waals surface area contributed by atoms with E-state index < -0.39 is 0 Å². The van der Waals surface area contributed by atoms with Crippen LogP contribution in [0.4, 0.5) is 0 Å². The molecule has 14 heavy (non-hydrogen) atoms. The van der Waals surface area contributed by atoms with Crippen molar-refractivity contribution in [1.29, 1.82) is 0 Å². The molecule has 3 heteroatoms. The summed E-state index contributed by atoms with van der Waals surface area (Å²) in [6.45, 7) is 2.14. The molecule has 0 aliphatic heterocycles. The van der Waals surface area contributed by atoms with Crippen molar-refractivity contribution >= 4 is 35.6 Å². The second-order valence-corrected chi connectivity index (χ2v) is 2.80. The average molecular weight is 405 g/mol. The fourth-order valence-corrected chi connectivity index (χ4v) is 1.39. The molecule has 2 aromatic rings. The van der Waals surface area contributed by atoms with E-state index in [1.54, 1.807) is 0 Å². The second kappa shape index (κ2) is 7.24. The molecule has 0 saturated heterocycles. The van der Waals surface area contributed by atoms with Crippen LogP contribution in [0.25, 0.3) is 10.8 Å². The summed E-state index contributed by atoms with van der Waals surface area (Å²) in [7, 11) is 0. The molecule has 0 unspecified atom stereocenters. The first kappa shape index (κ1) is 16.4. The van der Waals surface area contributed by atoms with Gasteiger partial charge in [0.05, 0.1) is 0 Å². The van der Waals surface area contributed by atoms with E-state index in [0.29, 0.717) is 0 Å². The van der Waals surface area contributed by atoms with Crippen LogP contribution in [0.5, 0.6) is 0 Å². The number of fused-ring (bicyclic) bond motifs is 1. The molecule has 0 heterocycles. The third kappa shape index (κ3) is 3.25. The molecule has 0 nitrogen and oxygen atoms in total. The Balaban J connectivity index is 0. The summed E-state index contributed by atoms with van der Waals surface area (Å²) in [4.78, 5) is 0. The molecule has 78 valence electrons. The SMILES string of the molecule is Cc1cccc2ccccc12.Cl.Cl.[Os]. The molecule has 0 atom stereocenters. The van der Waals surface area contributed by atoms with E-state index in [2.05, 4.69) is 49.4 Å². The third-order valence-corrected chi connectivity index (χ3v) is 2.01. The van der Waals surface area contributed by atoms with Gasteiger partial charge in [-0.2, -0.15) is 0 Å². The first-order valence-corrected chi connectivity index (χ1v) is 3.82. The van der Waals surface area contributed by atoms with E-state index in [0.717, 1.165) is 0 Å². The zero-order valence-corrected chi connectivity index (χ0v) is 11.9. The normalized spacial score (nSPS) is 8.07. The van der Waals surface area contributed by atoms with Crippen LogP contribution >= 0.6 is 24.8 Å². The van der Waals surface area contributed by atoms with Gasteiger partial charge in [-0.3, -0.25) is 0 Å². The molecule has 0 aliphatic carbocycles. The third-order valence-electron chi connectivity index (χ3n) is 2.01. The molecular formula is C11H12Cl2Os. The average Bonchev–Trinajstić information content (AvgIpc) is 2.06. The molecule has 0 fully saturated rings. The van der Waals surface area contributed by atoms with Crippen molar-refractivity contribution in [2.45, 2.75) is 6.92 Å².